The summed E-state index contributed by atoms with van der Waals surface area (Å²) in [6.45, 7) is 3.68. The Morgan fingerprint density at radius 2 is 2.24 bits per heavy atom. The van der Waals surface area contributed by atoms with Crippen LogP contribution in [0.2, 0.25) is 0 Å². The first kappa shape index (κ1) is 15.9. The first-order valence-corrected chi connectivity index (χ1v) is 8.52. The molecule has 1 unspecified atom stereocenters. The molecule has 1 aliphatic rings. The van der Waals surface area contributed by atoms with Gasteiger partial charge in [-0.25, -0.2) is 15.0 Å². The van der Waals surface area contributed by atoms with Crippen molar-refractivity contribution in [2.45, 2.75) is 31.9 Å². The van der Waals surface area contributed by atoms with Crippen molar-refractivity contribution in [3.05, 3.63) is 36.5 Å². The van der Waals surface area contributed by atoms with Gasteiger partial charge in [-0.1, -0.05) is 0 Å². The standard InChI is InChI=1S/C17H21N7O/c1-11(25)14-10-24-15(8-21-16(24)9-20-14)13-4-6-19-17(23-13)22-12-3-2-5-18-7-12/h4,6,8-12,18,25H,2-3,5,7H2,1H3,(H,19,22,23)/t11-,12?/m1/s1. The van der Waals surface area contributed by atoms with E-state index in [0.717, 1.165) is 37.3 Å². The summed E-state index contributed by atoms with van der Waals surface area (Å²) >= 11 is 0. The van der Waals surface area contributed by atoms with E-state index in [9.17, 15) is 5.11 Å². The Bertz CT molecular complexity index is 870. The molecule has 8 nitrogen and oxygen atoms in total. The van der Waals surface area contributed by atoms with E-state index >= 15 is 0 Å². The minimum absolute atomic E-state index is 0.345. The number of imidazole rings is 1. The van der Waals surface area contributed by atoms with Crippen LogP contribution in [-0.4, -0.2) is 48.6 Å². The van der Waals surface area contributed by atoms with E-state index in [0.29, 0.717) is 23.3 Å². The largest absolute Gasteiger partial charge is 0.387 e. The third-order valence-corrected chi connectivity index (χ3v) is 4.39. The van der Waals surface area contributed by atoms with E-state index in [-0.39, 0.29) is 0 Å². The average molecular weight is 339 g/mol. The van der Waals surface area contributed by atoms with Gasteiger partial charge in [0.15, 0.2) is 5.65 Å². The molecule has 4 rings (SSSR count). The zero-order chi connectivity index (χ0) is 17.2. The summed E-state index contributed by atoms with van der Waals surface area (Å²) in [5.41, 5.74) is 2.92. The molecule has 0 radical (unpaired) electrons. The molecule has 0 aromatic carbocycles. The Morgan fingerprint density at radius 1 is 1.32 bits per heavy atom. The zero-order valence-corrected chi connectivity index (χ0v) is 14.1. The van der Waals surface area contributed by atoms with Crippen LogP contribution in [0.4, 0.5) is 5.95 Å². The highest BCUT2D eigenvalue weighted by molar-refractivity contribution is 5.60. The van der Waals surface area contributed by atoms with E-state index in [1.165, 1.54) is 0 Å². The maximum atomic E-state index is 9.77. The highest BCUT2D eigenvalue weighted by Gasteiger charge is 2.15. The molecule has 0 saturated carbocycles. The van der Waals surface area contributed by atoms with Gasteiger partial charge in [0.25, 0.3) is 0 Å². The molecule has 1 aliphatic heterocycles. The summed E-state index contributed by atoms with van der Waals surface area (Å²) in [6, 6.07) is 2.20. The molecule has 0 spiro atoms. The van der Waals surface area contributed by atoms with Gasteiger partial charge in [0.05, 0.1) is 35.6 Å². The van der Waals surface area contributed by atoms with Crippen LogP contribution in [-0.2, 0) is 0 Å². The minimum Gasteiger partial charge on any atom is -0.387 e. The van der Waals surface area contributed by atoms with Gasteiger partial charge in [0.2, 0.25) is 5.95 Å². The predicted octanol–water partition coefficient (Wildman–Crippen LogP) is 1.40. The van der Waals surface area contributed by atoms with Crippen molar-refractivity contribution in [3.63, 3.8) is 0 Å². The van der Waals surface area contributed by atoms with Gasteiger partial charge < -0.3 is 15.7 Å². The van der Waals surface area contributed by atoms with E-state index < -0.39 is 6.10 Å². The number of aliphatic hydroxyl groups is 1. The number of nitrogens with zero attached hydrogens (tertiary/aromatic N) is 5. The fraction of sp³-hybridized carbons (Fsp3) is 0.412. The Hall–Kier alpha value is -2.58. The van der Waals surface area contributed by atoms with Gasteiger partial charge in [-0.2, -0.15) is 0 Å². The number of rotatable bonds is 4. The Kier molecular flexibility index (Phi) is 4.29. The number of aliphatic hydroxyl groups excluding tert-OH is 1. The molecule has 3 aromatic heterocycles. The number of aromatic nitrogens is 5. The molecule has 4 heterocycles. The van der Waals surface area contributed by atoms with Crippen molar-refractivity contribution in [2.24, 2.45) is 0 Å². The predicted molar refractivity (Wildman–Crippen MR) is 94.2 cm³/mol. The van der Waals surface area contributed by atoms with Crippen molar-refractivity contribution < 1.29 is 5.11 Å². The molecule has 25 heavy (non-hydrogen) atoms. The maximum absolute atomic E-state index is 9.77. The van der Waals surface area contributed by atoms with Crippen LogP contribution in [0.15, 0.2) is 30.9 Å². The maximum Gasteiger partial charge on any atom is 0.223 e. The lowest BCUT2D eigenvalue weighted by atomic mass is 10.1. The number of fused-ring (bicyclic) bond motifs is 1. The van der Waals surface area contributed by atoms with Gasteiger partial charge >= 0.3 is 0 Å². The van der Waals surface area contributed by atoms with Crippen LogP contribution >= 0.6 is 0 Å². The molecular weight excluding hydrogens is 318 g/mol. The molecule has 130 valence electrons. The average Bonchev–Trinajstić information content (AvgIpc) is 3.06. The van der Waals surface area contributed by atoms with Crippen LogP contribution in [0, 0.1) is 0 Å². The smallest absolute Gasteiger partial charge is 0.223 e. The van der Waals surface area contributed by atoms with Gasteiger partial charge in [-0.15, -0.1) is 0 Å². The molecular formula is C17H21N7O. The van der Waals surface area contributed by atoms with E-state index in [2.05, 4.69) is 30.6 Å². The van der Waals surface area contributed by atoms with Gasteiger partial charge in [-0.3, -0.25) is 9.38 Å². The Balaban J connectivity index is 1.66. The molecule has 1 saturated heterocycles. The summed E-state index contributed by atoms with van der Waals surface area (Å²) in [4.78, 5) is 17.6. The van der Waals surface area contributed by atoms with Crippen LogP contribution in [0.3, 0.4) is 0 Å². The SMILES string of the molecule is C[C@@H](O)c1cn2c(-c3ccnc(NC4CCCNC4)n3)cnc2cn1. The Labute approximate surface area is 145 Å². The lowest BCUT2D eigenvalue weighted by Crippen LogP contribution is -2.38. The second-order valence-electron chi connectivity index (χ2n) is 6.31. The zero-order valence-electron chi connectivity index (χ0n) is 14.1. The molecule has 0 amide bonds. The third kappa shape index (κ3) is 3.31. The second kappa shape index (κ2) is 6.73. The molecule has 0 bridgehead atoms. The lowest BCUT2D eigenvalue weighted by molar-refractivity contribution is 0.194. The number of piperidine rings is 1. The quantitative estimate of drug-likeness (QED) is 0.660. The fourth-order valence-electron chi connectivity index (χ4n) is 3.04. The highest BCUT2D eigenvalue weighted by Crippen LogP contribution is 2.21. The first-order chi connectivity index (χ1) is 12.2. The lowest BCUT2D eigenvalue weighted by Gasteiger charge is -2.23. The molecule has 3 aromatic rings. The molecule has 1 fully saturated rings. The Morgan fingerprint density at radius 3 is 3.04 bits per heavy atom. The fourth-order valence-corrected chi connectivity index (χ4v) is 3.04. The highest BCUT2D eigenvalue weighted by atomic mass is 16.3. The van der Waals surface area contributed by atoms with Crippen molar-refractivity contribution in [3.8, 4) is 11.4 Å². The number of hydrogen-bond donors (Lipinski definition) is 3. The van der Waals surface area contributed by atoms with Crippen molar-refractivity contribution in [1.29, 1.82) is 0 Å². The van der Waals surface area contributed by atoms with Crippen LogP contribution < -0.4 is 10.6 Å². The van der Waals surface area contributed by atoms with Gasteiger partial charge in [0, 0.05) is 25.0 Å². The summed E-state index contributed by atoms with van der Waals surface area (Å²) in [6.07, 6.45) is 8.58. The van der Waals surface area contributed by atoms with Gasteiger partial charge in [0.1, 0.15) is 0 Å². The topological polar surface area (TPSA) is 100 Å². The third-order valence-electron chi connectivity index (χ3n) is 4.39. The van der Waals surface area contributed by atoms with Crippen molar-refractivity contribution >= 4 is 11.6 Å². The van der Waals surface area contributed by atoms with Crippen LogP contribution in [0.25, 0.3) is 17.0 Å². The van der Waals surface area contributed by atoms with Crippen molar-refractivity contribution in [1.82, 2.24) is 29.7 Å². The normalized spacial score (nSPS) is 19.0. The van der Waals surface area contributed by atoms with Crippen LogP contribution in [0.1, 0.15) is 31.6 Å². The first-order valence-electron chi connectivity index (χ1n) is 8.52. The number of hydrogen-bond acceptors (Lipinski definition) is 7. The minimum atomic E-state index is -0.638. The summed E-state index contributed by atoms with van der Waals surface area (Å²) in [5.74, 6) is 0.617. The van der Waals surface area contributed by atoms with Crippen molar-refractivity contribution in [2.75, 3.05) is 18.4 Å². The number of anilines is 1. The summed E-state index contributed by atoms with van der Waals surface area (Å²) in [5, 5.41) is 16.5. The molecule has 2 atom stereocenters. The van der Waals surface area contributed by atoms with E-state index in [1.54, 1.807) is 31.7 Å². The number of nitrogens with one attached hydrogen (secondary N) is 2. The molecule has 0 aliphatic carbocycles. The van der Waals surface area contributed by atoms with E-state index in [1.807, 2.05) is 10.5 Å². The monoisotopic (exact) mass is 339 g/mol. The van der Waals surface area contributed by atoms with Gasteiger partial charge in [-0.05, 0) is 32.4 Å². The second-order valence-corrected chi connectivity index (χ2v) is 6.31. The summed E-state index contributed by atoms with van der Waals surface area (Å²) < 4.78 is 1.89. The molecule has 8 heteroatoms. The van der Waals surface area contributed by atoms with Crippen LogP contribution in [0.5, 0.6) is 0 Å². The summed E-state index contributed by atoms with van der Waals surface area (Å²) in [7, 11) is 0. The van der Waals surface area contributed by atoms with E-state index in [4.69, 9.17) is 0 Å². The molecule has 3 N–H and O–H groups in total.